The van der Waals surface area contributed by atoms with Crippen molar-refractivity contribution in [1.82, 2.24) is 0 Å². The Morgan fingerprint density at radius 3 is 2.40 bits per heavy atom. The Labute approximate surface area is 83.4 Å². The topological polar surface area (TPSA) is 18.5 Å². The van der Waals surface area contributed by atoms with E-state index in [4.69, 9.17) is 4.74 Å². The molecule has 0 N–H and O–H groups in total. The zero-order chi connectivity index (χ0) is 11.5. The fourth-order valence-electron chi connectivity index (χ4n) is 0.961. The van der Waals surface area contributed by atoms with Crippen LogP contribution in [0.2, 0.25) is 0 Å². The SMILES string of the molecule is CCOc1ccc(F)cc1OC(F)(F)F. The van der Waals surface area contributed by atoms with E-state index in [0.29, 0.717) is 6.07 Å². The predicted octanol–water partition coefficient (Wildman–Crippen LogP) is 3.12. The second kappa shape index (κ2) is 4.37. The fourth-order valence-corrected chi connectivity index (χ4v) is 0.961. The zero-order valence-corrected chi connectivity index (χ0v) is 7.77. The average Bonchev–Trinajstić information content (AvgIpc) is 2.07. The summed E-state index contributed by atoms with van der Waals surface area (Å²) < 4.78 is 56.8. The lowest BCUT2D eigenvalue weighted by Crippen LogP contribution is -2.17. The molecule has 6 heteroatoms. The van der Waals surface area contributed by atoms with Crippen molar-refractivity contribution in [3.05, 3.63) is 24.0 Å². The number of halogens is 4. The fraction of sp³-hybridized carbons (Fsp3) is 0.333. The molecule has 0 atom stereocenters. The van der Waals surface area contributed by atoms with Gasteiger partial charge in [0, 0.05) is 6.07 Å². The van der Waals surface area contributed by atoms with E-state index in [0.717, 1.165) is 12.1 Å². The Kier molecular flexibility index (Phi) is 3.39. The first kappa shape index (κ1) is 11.6. The van der Waals surface area contributed by atoms with Crippen molar-refractivity contribution in [2.45, 2.75) is 13.3 Å². The highest BCUT2D eigenvalue weighted by atomic mass is 19.4. The summed E-state index contributed by atoms with van der Waals surface area (Å²) >= 11 is 0. The van der Waals surface area contributed by atoms with Crippen LogP contribution in [0.5, 0.6) is 11.5 Å². The summed E-state index contributed by atoms with van der Waals surface area (Å²) in [6, 6.07) is 2.70. The summed E-state index contributed by atoms with van der Waals surface area (Å²) in [7, 11) is 0. The van der Waals surface area contributed by atoms with E-state index in [9.17, 15) is 17.6 Å². The van der Waals surface area contributed by atoms with Crippen molar-refractivity contribution >= 4 is 0 Å². The van der Waals surface area contributed by atoms with Crippen LogP contribution in [-0.2, 0) is 0 Å². The summed E-state index contributed by atoms with van der Waals surface area (Å²) in [5, 5.41) is 0. The molecule has 0 aliphatic heterocycles. The molecule has 15 heavy (non-hydrogen) atoms. The molecule has 1 aromatic carbocycles. The molecule has 2 nitrogen and oxygen atoms in total. The van der Waals surface area contributed by atoms with Gasteiger partial charge in [-0.1, -0.05) is 0 Å². The molecule has 0 saturated carbocycles. The highest BCUT2D eigenvalue weighted by Gasteiger charge is 2.32. The van der Waals surface area contributed by atoms with Gasteiger partial charge in [-0.05, 0) is 19.1 Å². The van der Waals surface area contributed by atoms with E-state index in [-0.39, 0.29) is 12.4 Å². The second-order valence-corrected chi connectivity index (χ2v) is 2.57. The summed E-state index contributed by atoms with van der Waals surface area (Å²) in [5.41, 5.74) is 0. The quantitative estimate of drug-likeness (QED) is 0.734. The number of hydrogen-bond donors (Lipinski definition) is 0. The summed E-state index contributed by atoms with van der Waals surface area (Å²) in [6.45, 7) is 1.76. The minimum Gasteiger partial charge on any atom is -0.490 e. The molecular formula is C9H8F4O2. The van der Waals surface area contributed by atoms with E-state index < -0.39 is 17.9 Å². The van der Waals surface area contributed by atoms with Crippen molar-refractivity contribution in [1.29, 1.82) is 0 Å². The lowest BCUT2D eigenvalue weighted by Gasteiger charge is -2.13. The van der Waals surface area contributed by atoms with Crippen molar-refractivity contribution in [3.8, 4) is 11.5 Å². The maximum Gasteiger partial charge on any atom is 0.573 e. The Morgan fingerprint density at radius 1 is 1.20 bits per heavy atom. The zero-order valence-electron chi connectivity index (χ0n) is 7.77. The standard InChI is InChI=1S/C9H8F4O2/c1-2-14-7-4-3-6(10)5-8(7)15-9(11,12)13/h3-5H,2H2,1H3. The van der Waals surface area contributed by atoms with Crippen LogP contribution in [0.15, 0.2) is 18.2 Å². The van der Waals surface area contributed by atoms with Gasteiger partial charge in [-0.3, -0.25) is 0 Å². The first-order valence-corrected chi connectivity index (χ1v) is 4.10. The molecule has 0 spiro atoms. The normalized spacial score (nSPS) is 11.3. The van der Waals surface area contributed by atoms with Crippen molar-refractivity contribution in [3.63, 3.8) is 0 Å². The van der Waals surface area contributed by atoms with E-state index >= 15 is 0 Å². The highest BCUT2D eigenvalue weighted by Crippen LogP contribution is 2.32. The van der Waals surface area contributed by atoms with E-state index in [2.05, 4.69) is 4.74 Å². The van der Waals surface area contributed by atoms with Gasteiger partial charge in [-0.25, -0.2) is 4.39 Å². The largest absolute Gasteiger partial charge is 0.573 e. The molecule has 84 valence electrons. The van der Waals surface area contributed by atoms with Crippen LogP contribution in [0.4, 0.5) is 17.6 Å². The van der Waals surface area contributed by atoms with E-state index in [1.807, 2.05) is 0 Å². The molecular weight excluding hydrogens is 216 g/mol. The molecule has 0 aromatic heterocycles. The van der Waals surface area contributed by atoms with Gasteiger partial charge in [0.15, 0.2) is 11.5 Å². The van der Waals surface area contributed by atoms with Crippen LogP contribution in [0.25, 0.3) is 0 Å². The number of hydrogen-bond acceptors (Lipinski definition) is 2. The van der Waals surface area contributed by atoms with Gasteiger partial charge >= 0.3 is 6.36 Å². The molecule has 0 fully saturated rings. The second-order valence-electron chi connectivity index (χ2n) is 2.57. The maximum atomic E-state index is 12.7. The monoisotopic (exact) mass is 224 g/mol. The van der Waals surface area contributed by atoms with Crippen LogP contribution >= 0.6 is 0 Å². The molecule has 1 aromatic rings. The lowest BCUT2D eigenvalue weighted by molar-refractivity contribution is -0.275. The van der Waals surface area contributed by atoms with Gasteiger partial charge in [0.2, 0.25) is 0 Å². The summed E-state index contributed by atoms with van der Waals surface area (Å²) in [4.78, 5) is 0. The van der Waals surface area contributed by atoms with E-state index in [1.165, 1.54) is 0 Å². The smallest absolute Gasteiger partial charge is 0.490 e. The molecule has 0 heterocycles. The van der Waals surface area contributed by atoms with Crippen LogP contribution in [0.1, 0.15) is 6.92 Å². The van der Waals surface area contributed by atoms with Crippen molar-refractivity contribution in [2.24, 2.45) is 0 Å². The lowest BCUT2D eigenvalue weighted by atomic mass is 10.3. The van der Waals surface area contributed by atoms with Gasteiger partial charge in [0.05, 0.1) is 6.61 Å². The summed E-state index contributed by atoms with van der Waals surface area (Å²) in [6.07, 6.45) is -4.86. The van der Waals surface area contributed by atoms with Gasteiger partial charge in [-0.2, -0.15) is 0 Å². The Hall–Kier alpha value is -1.46. The Morgan fingerprint density at radius 2 is 1.87 bits per heavy atom. The predicted molar refractivity (Wildman–Crippen MR) is 44.3 cm³/mol. The molecule has 0 aliphatic carbocycles. The third kappa shape index (κ3) is 3.65. The third-order valence-electron chi connectivity index (χ3n) is 1.43. The summed E-state index contributed by atoms with van der Waals surface area (Å²) in [5.74, 6) is -1.64. The van der Waals surface area contributed by atoms with Crippen molar-refractivity contribution < 1.29 is 27.0 Å². The van der Waals surface area contributed by atoms with E-state index in [1.54, 1.807) is 6.92 Å². The highest BCUT2D eigenvalue weighted by molar-refractivity contribution is 5.40. The molecule has 0 unspecified atom stereocenters. The molecule has 0 aliphatic rings. The van der Waals surface area contributed by atoms with Crippen LogP contribution in [0.3, 0.4) is 0 Å². The number of ether oxygens (including phenoxy) is 2. The molecule has 0 amide bonds. The van der Waals surface area contributed by atoms with Crippen LogP contribution < -0.4 is 9.47 Å². The number of benzene rings is 1. The Balaban J connectivity index is 2.96. The van der Waals surface area contributed by atoms with Gasteiger partial charge in [0.1, 0.15) is 5.82 Å². The van der Waals surface area contributed by atoms with Gasteiger partial charge < -0.3 is 9.47 Å². The van der Waals surface area contributed by atoms with Crippen molar-refractivity contribution in [2.75, 3.05) is 6.61 Å². The number of rotatable bonds is 3. The first-order chi connectivity index (χ1) is 6.92. The van der Waals surface area contributed by atoms with Crippen LogP contribution in [-0.4, -0.2) is 13.0 Å². The minimum absolute atomic E-state index is 0.142. The van der Waals surface area contributed by atoms with Gasteiger partial charge in [-0.15, -0.1) is 13.2 Å². The molecule has 0 bridgehead atoms. The third-order valence-corrected chi connectivity index (χ3v) is 1.43. The minimum atomic E-state index is -4.86. The van der Waals surface area contributed by atoms with Gasteiger partial charge in [0.25, 0.3) is 0 Å². The first-order valence-electron chi connectivity index (χ1n) is 4.10. The number of alkyl halides is 3. The molecule has 0 radical (unpaired) electrons. The van der Waals surface area contributed by atoms with Crippen LogP contribution in [0, 0.1) is 5.82 Å². The molecule has 0 saturated heterocycles. The molecule has 1 rings (SSSR count). The Bertz CT molecular complexity index is 335. The average molecular weight is 224 g/mol. The maximum absolute atomic E-state index is 12.7.